The Labute approximate surface area is 133 Å². The highest BCUT2D eigenvalue weighted by Gasteiger charge is 2.47. The number of amides is 1. The minimum absolute atomic E-state index is 0.0999. The lowest BCUT2D eigenvalue weighted by atomic mass is 10.1. The summed E-state index contributed by atoms with van der Waals surface area (Å²) in [5, 5.41) is 11.9. The maximum Gasteiger partial charge on any atom is 0.326 e. The van der Waals surface area contributed by atoms with Crippen LogP contribution in [0.1, 0.15) is 30.7 Å². The normalized spacial score (nSPS) is 26.3. The molecule has 2 saturated carbocycles. The number of carboxylic acid groups (broad SMARTS) is 1. The predicted octanol–water partition coefficient (Wildman–Crippen LogP) is 1.54. The van der Waals surface area contributed by atoms with E-state index < -0.39 is 12.0 Å². The fourth-order valence-corrected chi connectivity index (χ4v) is 3.21. The summed E-state index contributed by atoms with van der Waals surface area (Å²) in [4.78, 5) is 23.5. The molecule has 122 valence electrons. The SMILES string of the molecule is O=C(NC(C(=O)O)C1CC1)C1CC1c1ccc2c(c1)OCCO2. The second-order valence-electron chi connectivity index (χ2n) is 6.51. The van der Waals surface area contributed by atoms with E-state index in [1.807, 2.05) is 18.2 Å². The largest absolute Gasteiger partial charge is 0.486 e. The van der Waals surface area contributed by atoms with Crippen molar-refractivity contribution in [3.63, 3.8) is 0 Å². The molecule has 1 heterocycles. The summed E-state index contributed by atoms with van der Waals surface area (Å²) in [6.45, 7) is 1.09. The van der Waals surface area contributed by atoms with Gasteiger partial charge in [-0.15, -0.1) is 0 Å². The molecule has 6 nitrogen and oxygen atoms in total. The summed E-state index contributed by atoms with van der Waals surface area (Å²) >= 11 is 0. The summed E-state index contributed by atoms with van der Waals surface area (Å²) in [5.74, 6) is 0.477. The molecule has 0 spiro atoms. The Kier molecular flexibility index (Phi) is 3.39. The van der Waals surface area contributed by atoms with Gasteiger partial charge < -0.3 is 19.9 Å². The van der Waals surface area contributed by atoms with Crippen molar-refractivity contribution >= 4 is 11.9 Å². The number of benzene rings is 1. The van der Waals surface area contributed by atoms with Gasteiger partial charge in [-0.2, -0.15) is 0 Å². The van der Waals surface area contributed by atoms with Gasteiger partial charge in [0, 0.05) is 5.92 Å². The summed E-state index contributed by atoms with van der Waals surface area (Å²) in [6, 6.07) is 5.04. The number of hydrogen-bond acceptors (Lipinski definition) is 4. The Morgan fingerprint density at radius 2 is 1.91 bits per heavy atom. The number of rotatable bonds is 5. The van der Waals surface area contributed by atoms with E-state index >= 15 is 0 Å². The molecule has 0 radical (unpaired) electrons. The monoisotopic (exact) mass is 317 g/mol. The standard InChI is InChI=1S/C17H19NO5/c19-16(18-15(17(20)21)9-1-2-9)12-8-11(12)10-3-4-13-14(7-10)23-6-5-22-13/h3-4,7,9,11-12,15H,1-2,5-6,8H2,(H,18,19)(H,20,21). The number of carbonyl (C=O) groups excluding carboxylic acids is 1. The highest BCUT2D eigenvalue weighted by atomic mass is 16.6. The van der Waals surface area contributed by atoms with E-state index in [1.54, 1.807) is 0 Å². The molecular weight excluding hydrogens is 298 g/mol. The average Bonchev–Trinajstić information content (AvgIpc) is 3.45. The molecule has 2 aliphatic carbocycles. The minimum Gasteiger partial charge on any atom is -0.486 e. The van der Waals surface area contributed by atoms with E-state index in [0.29, 0.717) is 13.2 Å². The maximum absolute atomic E-state index is 12.3. The van der Waals surface area contributed by atoms with Crippen LogP contribution >= 0.6 is 0 Å². The topological polar surface area (TPSA) is 84.9 Å². The number of carboxylic acids is 1. The third kappa shape index (κ3) is 2.85. The van der Waals surface area contributed by atoms with Gasteiger partial charge in [0.05, 0.1) is 0 Å². The lowest BCUT2D eigenvalue weighted by Crippen LogP contribution is -2.43. The summed E-state index contributed by atoms with van der Waals surface area (Å²) < 4.78 is 11.1. The number of fused-ring (bicyclic) bond motifs is 1. The smallest absolute Gasteiger partial charge is 0.326 e. The number of ether oxygens (including phenoxy) is 2. The van der Waals surface area contributed by atoms with Crippen LogP contribution in [0.15, 0.2) is 18.2 Å². The van der Waals surface area contributed by atoms with Crippen molar-refractivity contribution in [3.8, 4) is 11.5 Å². The molecule has 1 aromatic rings. The van der Waals surface area contributed by atoms with Crippen LogP contribution in [0.2, 0.25) is 0 Å². The summed E-state index contributed by atoms with van der Waals surface area (Å²) in [5.41, 5.74) is 1.05. The van der Waals surface area contributed by atoms with E-state index in [9.17, 15) is 14.7 Å². The van der Waals surface area contributed by atoms with Crippen LogP contribution in [0.3, 0.4) is 0 Å². The molecule has 4 rings (SSSR count). The third-order valence-electron chi connectivity index (χ3n) is 4.78. The van der Waals surface area contributed by atoms with Gasteiger partial charge in [0.1, 0.15) is 19.3 Å². The molecule has 23 heavy (non-hydrogen) atoms. The molecule has 3 aliphatic rings. The van der Waals surface area contributed by atoms with E-state index in [-0.39, 0.29) is 23.7 Å². The van der Waals surface area contributed by atoms with E-state index in [4.69, 9.17) is 9.47 Å². The van der Waals surface area contributed by atoms with Crippen molar-refractivity contribution in [3.05, 3.63) is 23.8 Å². The minimum atomic E-state index is -0.933. The van der Waals surface area contributed by atoms with Crippen molar-refractivity contribution in [2.24, 2.45) is 11.8 Å². The number of nitrogens with one attached hydrogen (secondary N) is 1. The van der Waals surface area contributed by atoms with Crippen molar-refractivity contribution in [2.45, 2.75) is 31.2 Å². The lowest BCUT2D eigenvalue weighted by molar-refractivity contribution is -0.142. The molecule has 2 fully saturated rings. The Hall–Kier alpha value is -2.24. The zero-order valence-electron chi connectivity index (χ0n) is 12.7. The van der Waals surface area contributed by atoms with Crippen LogP contribution < -0.4 is 14.8 Å². The molecular formula is C17H19NO5. The van der Waals surface area contributed by atoms with Gasteiger partial charge in [0.2, 0.25) is 5.91 Å². The van der Waals surface area contributed by atoms with Crippen molar-refractivity contribution < 1.29 is 24.2 Å². The average molecular weight is 317 g/mol. The molecule has 2 N–H and O–H groups in total. The van der Waals surface area contributed by atoms with Crippen LogP contribution in [-0.2, 0) is 9.59 Å². The molecule has 3 atom stereocenters. The van der Waals surface area contributed by atoms with Gasteiger partial charge >= 0.3 is 5.97 Å². The summed E-state index contributed by atoms with van der Waals surface area (Å²) in [7, 11) is 0. The van der Waals surface area contributed by atoms with Gasteiger partial charge in [0.25, 0.3) is 0 Å². The Balaban J connectivity index is 1.41. The molecule has 0 saturated heterocycles. The molecule has 1 aromatic carbocycles. The van der Waals surface area contributed by atoms with Crippen LogP contribution in [0, 0.1) is 11.8 Å². The van der Waals surface area contributed by atoms with Gasteiger partial charge in [-0.25, -0.2) is 4.79 Å². The second-order valence-corrected chi connectivity index (χ2v) is 6.51. The van der Waals surface area contributed by atoms with Crippen molar-refractivity contribution in [1.29, 1.82) is 0 Å². The first kappa shape index (κ1) is 14.4. The Bertz CT molecular complexity index is 654. The van der Waals surface area contributed by atoms with Gasteiger partial charge in [-0.05, 0) is 48.8 Å². The first-order valence-corrected chi connectivity index (χ1v) is 8.06. The Morgan fingerprint density at radius 3 is 2.61 bits per heavy atom. The van der Waals surface area contributed by atoms with Crippen LogP contribution in [0.4, 0.5) is 0 Å². The fourth-order valence-electron chi connectivity index (χ4n) is 3.21. The fraction of sp³-hybridized carbons (Fsp3) is 0.529. The van der Waals surface area contributed by atoms with Crippen molar-refractivity contribution in [2.75, 3.05) is 13.2 Å². The van der Waals surface area contributed by atoms with E-state index in [0.717, 1.165) is 36.3 Å². The quantitative estimate of drug-likeness (QED) is 0.860. The highest BCUT2D eigenvalue weighted by molar-refractivity contribution is 5.88. The molecule has 1 amide bonds. The number of aliphatic carboxylic acids is 1. The van der Waals surface area contributed by atoms with Gasteiger partial charge in [-0.1, -0.05) is 6.07 Å². The first-order chi connectivity index (χ1) is 11.1. The van der Waals surface area contributed by atoms with Gasteiger partial charge in [-0.3, -0.25) is 4.79 Å². The first-order valence-electron chi connectivity index (χ1n) is 8.06. The molecule has 6 heteroatoms. The zero-order valence-corrected chi connectivity index (χ0v) is 12.7. The summed E-state index contributed by atoms with van der Waals surface area (Å²) in [6.07, 6.45) is 2.52. The highest BCUT2D eigenvalue weighted by Crippen LogP contribution is 2.49. The Morgan fingerprint density at radius 1 is 1.17 bits per heavy atom. The van der Waals surface area contributed by atoms with Gasteiger partial charge in [0.15, 0.2) is 11.5 Å². The zero-order chi connectivity index (χ0) is 16.0. The number of carbonyl (C=O) groups is 2. The predicted molar refractivity (Wildman–Crippen MR) is 80.6 cm³/mol. The second kappa shape index (κ2) is 5.44. The molecule has 3 unspecified atom stereocenters. The van der Waals surface area contributed by atoms with Crippen molar-refractivity contribution in [1.82, 2.24) is 5.32 Å². The van der Waals surface area contributed by atoms with Crippen LogP contribution in [0.25, 0.3) is 0 Å². The lowest BCUT2D eigenvalue weighted by Gasteiger charge is -2.19. The van der Waals surface area contributed by atoms with E-state index in [1.165, 1.54) is 0 Å². The number of hydrogen-bond donors (Lipinski definition) is 2. The van der Waals surface area contributed by atoms with E-state index in [2.05, 4.69) is 5.32 Å². The van der Waals surface area contributed by atoms with Crippen LogP contribution in [0.5, 0.6) is 11.5 Å². The molecule has 0 bridgehead atoms. The van der Waals surface area contributed by atoms with Crippen LogP contribution in [-0.4, -0.2) is 36.2 Å². The maximum atomic E-state index is 12.3. The third-order valence-corrected chi connectivity index (χ3v) is 4.78. The molecule has 1 aliphatic heterocycles. The molecule has 0 aromatic heterocycles.